The summed E-state index contributed by atoms with van der Waals surface area (Å²) in [5.74, 6) is 0.415. The first-order chi connectivity index (χ1) is 12.6. The molecule has 0 amide bonds. The second kappa shape index (κ2) is 10.7. The highest BCUT2D eigenvalue weighted by molar-refractivity contribution is 8.13. The molecule has 0 aliphatic carbocycles. The van der Waals surface area contributed by atoms with Gasteiger partial charge in [0.05, 0.1) is 18.9 Å². The number of hydrogen-bond donors (Lipinski definition) is 1. The predicted octanol–water partition coefficient (Wildman–Crippen LogP) is 4.72. The van der Waals surface area contributed by atoms with E-state index >= 15 is 0 Å². The van der Waals surface area contributed by atoms with Crippen LogP contribution in [0.4, 0.5) is 4.39 Å². The van der Waals surface area contributed by atoms with Crippen LogP contribution >= 0.6 is 11.8 Å². The molecular weight excluding hydrogens is 349 g/mol. The van der Waals surface area contributed by atoms with Crippen molar-refractivity contribution >= 4 is 23.1 Å². The molecule has 0 bridgehead atoms. The van der Waals surface area contributed by atoms with Crippen LogP contribution in [-0.4, -0.2) is 17.5 Å². The number of hydrogen-bond acceptors (Lipinski definition) is 4. The molecule has 0 saturated heterocycles. The largest absolute Gasteiger partial charge is 0.377 e. The zero-order valence-corrected chi connectivity index (χ0v) is 15.9. The van der Waals surface area contributed by atoms with Gasteiger partial charge in [0.2, 0.25) is 0 Å². The van der Waals surface area contributed by atoms with Crippen LogP contribution in [0.25, 0.3) is 0 Å². The van der Waals surface area contributed by atoms with Gasteiger partial charge in [0.25, 0.3) is 0 Å². The summed E-state index contributed by atoms with van der Waals surface area (Å²) >= 11 is 1.41. The molecule has 2 N–H and O–H groups in total. The summed E-state index contributed by atoms with van der Waals surface area (Å²) < 4.78 is 19.7. The van der Waals surface area contributed by atoms with Crippen molar-refractivity contribution in [2.45, 2.75) is 38.7 Å². The molecule has 0 aliphatic heterocycles. The summed E-state index contributed by atoms with van der Waals surface area (Å²) in [6.07, 6.45) is 2.49. The molecule has 0 spiro atoms. The van der Waals surface area contributed by atoms with Gasteiger partial charge in [-0.1, -0.05) is 61.2 Å². The van der Waals surface area contributed by atoms with Gasteiger partial charge in [-0.3, -0.25) is 0 Å². The van der Waals surface area contributed by atoms with Crippen LogP contribution in [0, 0.1) is 5.82 Å². The number of nitrogens with zero attached hydrogens (tertiary/aromatic N) is 2. The molecule has 0 radical (unpaired) electrons. The summed E-state index contributed by atoms with van der Waals surface area (Å²) in [5, 5.41) is 8.23. The lowest BCUT2D eigenvalue weighted by Crippen LogP contribution is -2.07. The minimum Gasteiger partial charge on any atom is -0.377 e. The van der Waals surface area contributed by atoms with E-state index in [1.54, 1.807) is 12.1 Å². The van der Waals surface area contributed by atoms with Crippen molar-refractivity contribution in [3.8, 4) is 0 Å². The lowest BCUT2D eigenvalue weighted by molar-refractivity contribution is 0.0492. The van der Waals surface area contributed by atoms with Gasteiger partial charge in [0.1, 0.15) is 5.82 Å². The van der Waals surface area contributed by atoms with E-state index in [0.717, 1.165) is 17.7 Å². The summed E-state index contributed by atoms with van der Waals surface area (Å²) in [6, 6.07) is 14.9. The van der Waals surface area contributed by atoms with Crippen LogP contribution < -0.4 is 5.73 Å². The van der Waals surface area contributed by atoms with Crippen molar-refractivity contribution in [2.75, 3.05) is 0 Å². The minimum atomic E-state index is -0.312. The molecule has 2 aromatic carbocycles. The number of benzene rings is 2. The lowest BCUT2D eigenvalue weighted by Gasteiger charge is -2.11. The predicted molar refractivity (Wildman–Crippen MR) is 108 cm³/mol. The minimum absolute atomic E-state index is 0.112. The monoisotopic (exact) mass is 373 g/mol. The molecule has 0 fully saturated rings. The van der Waals surface area contributed by atoms with E-state index in [2.05, 4.69) is 10.2 Å². The Hall–Kier alpha value is -2.18. The zero-order chi connectivity index (χ0) is 18.8. The van der Waals surface area contributed by atoms with Crippen molar-refractivity contribution < 1.29 is 9.13 Å². The van der Waals surface area contributed by atoms with E-state index < -0.39 is 0 Å². The molecule has 0 heterocycles. The van der Waals surface area contributed by atoms with Gasteiger partial charge >= 0.3 is 0 Å². The molecule has 26 heavy (non-hydrogen) atoms. The molecule has 0 aromatic heterocycles. The molecular formula is C20H24FN3OS. The standard InChI is InChI=1S/C20H24FN3OS/c1-3-15(2)25-13-18-10-9-17(11-19(18)21)12-23-24-20(22)26-14-16-7-5-4-6-8-16/h4-12,15H,3,13-14H2,1-2H3,(H2,22,24). The van der Waals surface area contributed by atoms with E-state index in [0.29, 0.717) is 16.3 Å². The zero-order valence-electron chi connectivity index (χ0n) is 15.1. The van der Waals surface area contributed by atoms with Crippen molar-refractivity contribution in [1.29, 1.82) is 0 Å². The maximum atomic E-state index is 14.1. The van der Waals surface area contributed by atoms with Crippen molar-refractivity contribution in [3.63, 3.8) is 0 Å². The van der Waals surface area contributed by atoms with Gasteiger partial charge in [0, 0.05) is 11.3 Å². The Balaban J connectivity index is 1.87. The number of nitrogens with two attached hydrogens (primary N) is 1. The van der Waals surface area contributed by atoms with Gasteiger partial charge in [0.15, 0.2) is 5.17 Å². The van der Waals surface area contributed by atoms with E-state index in [1.165, 1.54) is 24.0 Å². The number of halogens is 1. The van der Waals surface area contributed by atoms with Gasteiger partial charge in [-0.2, -0.15) is 5.10 Å². The Bertz CT molecular complexity index is 750. The Morgan fingerprint density at radius 2 is 2.04 bits per heavy atom. The normalized spacial score (nSPS) is 13.3. The first-order valence-electron chi connectivity index (χ1n) is 8.51. The summed E-state index contributed by atoms with van der Waals surface area (Å²) in [6.45, 7) is 4.27. The van der Waals surface area contributed by atoms with Gasteiger partial charge in [-0.15, -0.1) is 5.10 Å². The van der Waals surface area contributed by atoms with Gasteiger partial charge < -0.3 is 10.5 Å². The van der Waals surface area contributed by atoms with Crippen LogP contribution in [0.1, 0.15) is 37.0 Å². The number of ether oxygens (including phenoxy) is 1. The smallest absolute Gasteiger partial charge is 0.180 e. The van der Waals surface area contributed by atoms with Crippen molar-refractivity contribution in [3.05, 3.63) is 71.0 Å². The van der Waals surface area contributed by atoms with E-state index in [4.69, 9.17) is 10.5 Å². The molecule has 0 aliphatic rings. The molecule has 1 atom stereocenters. The van der Waals surface area contributed by atoms with E-state index in [1.807, 2.05) is 44.2 Å². The third kappa shape index (κ3) is 6.98. The van der Waals surface area contributed by atoms with Crippen molar-refractivity contribution in [2.24, 2.45) is 15.9 Å². The molecule has 2 aromatic rings. The Kier molecular flexibility index (Phi) is 8.31. The first kappa shape index (κ1) is 20.1. The summed E-state index contributed by atoms with van der Waals surface area (Å²) in [7, 11) is 0. The second-order valence-corrected chi connectivity index (χ2v) is 6.83. The van der Waals surface area contributed by atoms with Crippen LogP contribution in [0.2, 0.25) is 0 Å². The van der Waals surface area contributed by atoms with Crippen LogP contribution in [0.15, 0.2) is 58.7 Å². The Morgan fingerprint density at radius 3 is 2.73 bits per heavy atom. The second-order valence-electron chi connectivity index (χ2n) is 5.84. The first-order valence-corrected chi connectivity index (χ1v) is 9.50. The average Bonchev–Trinajstić information content (AvgIpc) is 2.66. The molecule has 0 saturated carbocycles. The average molecular weight is 373 g/mol. The van der Waals surface area contributed by atoms with Gasteiger partial charge in [-0.25, -0.2) is 4.39 Å². The topological polar surface area (TPSA) is 60.0 Å². The van der Waals surface area contributed by atoms with Crippen LogP contribution in [0.5, 0.6) is 0 Å². The van der Waals surface area contributed by atoms with Crippen LogP contribution in [0.3, 0.4) is 0 Å². The third-order valence-corrected chi connectivity index (χ3v) is 4.62. The fourth-order valence-corrected chi connectivity index (χ4v) is 2.64. The Morgan fingerprint density at radius 1 is 1.27 bits per heavy atom. The molecule has 4 nitrogen and oxygen atoms in total. The number of thioether (sulfide) groups is 1. The molecule has 1 unspecified atom stereocenters. The molecule has 138 valence electrons. The highest BCUT2D eigenvalue weighted by atomic mass is 32.2. The van der Waals surface area contributed by atoms with Crippen molar-refractivity contribution in [1.82, 2.24) is 0 Å². The fraction of sp³-hybridized carbons (Fsp3) is 0.300. The van der Waals surface area contributed by atoms with E-state index in [9.17, 15) is 4.39 Å². The fourth-order valence-electron chi connectivity index (χ4n) is 2.02. The molecule has 6 heteroatoms. The van der Waals surface area contributed by atoms with Gasteiger partial charge in [-0.05, 0) is 30.5 Å². The maximum absolute atomic E-state index is 14.1. The highest BCUT2D eigenvalue weighted by Crippen LogP contribution is 2.13. The third-order valence-electron chi connectivity index (χ3n) is 3.77. The highest BCUT2D eigenvalue weighted by Gasteiger charge is 2.05. The lowest BCUT2D eigenvalue weighted by atomic mass is 10.1. The maximum Gasteiger partial charge on any atom is 0.180 e. The quantitative estimate of drug-likeness (QED) is 0.414. The van der Waals surface area contributed by atoms with E-state index in [-0.39, 0.29) is 18.5 Å². The number of amidine groups is 1. The SMILES string of the molecule is CCC(C)OCc1ccc(C=NN=C(N)SCc2ccccc2)cc1F. The van der Waals surface area contributed by atoms with Crippen LogP contribution in [-0.2, 0) is 17.1 Å². The molecule has 2 rings (SSSR count). The summed E-state index contributed by atoms with van der Waals surface area (Å²) in [5.41, 5.74) is 8.15. The Labute approximate surface area is 158 Å². The number of rotatable bonds is 8. The summed E-state index contributed by atoms with van der Waals surface area (Å²) in [4.78, 5) is 0.